The van der Waals surface area contributed by atoms with Gasteiger partial charge in [-0.2, -0.15) is 0 Å². The van der Waals surface area contributed by atoms with Crippen molar-refractivity contribution in [2.75, 3.05) is 16.6 Å². The van der Waals surface area contributed by atoms with Gasteiger partial charge in [-0.25, -0.2) is 16.8 Å². The predicted molar refractivity (Wildman–Crippen MR) is 103 cm³/mol. The van der Waals surface area contributed by atoms with E-state index < -0.39 is 20.0 Å². The van der Waals surface area contributed by atoms with Crippen LogP contribution in [0.2, 0.25) is 0 Å². The summed E-state index contributed by atoms with van der Waals surface area (Å²) in [7, 11) is -6.24. The van der Waals surface area contributed by atoms with Crippen molar-refractivity contribution in [3.05, 3.63) is 53.2 Å². The highest BCUT2D eigenvalue weighted by Crippen LogP contribution is 2.32. The van der Waals surface area contributed by atoms with Gasteiger partial charge >= 0.3 is 0 Å². The average Bonchev–Trinajstić information content (AvgIpc) is 3.30. The maximum Gasteiger partial charge on any atom is 0.271 e. The molecule has 0 bridgehead atoms. The first kappa shape index (κ1) is 18.7. The molecule has 11 heteroatoms. The van der Waals surface area contributed by atoms with Gasteiger partial charge in [-0.15, -0.1) is 22.7 Å². The minimum atomic E-state index is -3.85. The van der Waals surface area contributed by atoms with E-state index in [4.69, 9.17) is 4.74 Å². The Morgan fingerprint density at radius 1 is 0.808 bits per heavy atom. The summed E-state index contributed by atoms with van der Waals surface area (Å²) in [4.78, 5) is 0. The Morgan fingerprint density at radius 2 is 1.35 bits per heavy atom. The lowest BCUT2D eigenvalue weighted by Crippen LogP contribution is -2.16. The van der Waals surface area contributed by atoms with E-state index in [-0.39, 0.29) is 19.8 Å². The summed E-state index contributed by atoms with van der Waals surface area (Å²) in [6, 6.07) is 10.6. The molecule has 26 heavy (non-hydrogen) atoms. The molecule has 138 valence electrons. The van der Waals surface area contributed by atoms with E-state index in [0.29, 0.717) is 5.75 Å². The third-order valence-corrected chi connectivity index (χ3v) is 8.76. The number of ether oxygens (including phenoxy) is 1. The van der Waals surface area contributed by atoms with Crippen LogP contribution in [0, 0.1) is 0 Å². The number of anilines is 2. The molecule has 0 aliphatic carbocycles. The monoisotopic (exact) mass is 430 g/mol. The summed E-state index contributed by atoms with van der Waals surface area (Å²) in [5, 5.41) is 3.28. The van der Waals surface area contributed by atoms with Crippen molar-refractivity contribution in [1.82, 2.24) is 0 Å². The molecule has 0 fully saturated rings. The van der Waals surface area contributed by atoms with Crippen LogP contribution in [-0.4, -0.2) is 23.9 Å². The first-order chi connectivity index (χ1) is 12.3. The van der Waals surface area contributed by atoms with E-state index in [1.807, 2.05) is 0 Å². The summed E-state index contributed by atoms with van der Waals surface area (Å²) in [6.45, 7) is 0. The van der Waals surface area contributed by atoms with Crippen LogP contribution in [0.3, 0.4) is 0 Å². The Balaban J connectivity index is 1.99. The smallest absolute Gasteiger partial charge is 0.271 e. The minimum Gasteiger partial charge on any atom is -0.497 e. The van der Waals surface area contributed by atoms with E-state index in [2.05, 4.69) is 9.44 Å². The summed E-state index contributed by atoms with van der Waals surface area (Å²) < 4.78 is 60.1. The Kier molecular flexibility index (Phi) is 5.23. The predicted octanol–water partition coefficient (Wildman–Crippen LogP) is 3.42. The molecular formula is C15H14N2O5S4. The quantitative estimate of drug-likeness (QED) is 0.598. The number of thiophene rings is 2. The molecule has 0 amide bonds. The summed E-state index contributed by atoms with van der Waals surface area (Å²) in [6.07, 6.45) is 0. The van der Waals surface area contributed by atoms with Crippen molar-refractivity contribution in [2.45, 2.75) is 8.42 Å². The Labute approximate surface area is 159 Å². The number of sulfonamides is 2. The second-order valence-corrected chi connectivity index (χ2v) is 10.7. The topological polar surface area (TPSA) is 102 Å². The number of nitrogens with one attached hydrogen (secondary N) is 2. The van der Waals surface area contributed by atoms with Crippen molar-refractivity contribution in [1.29, 1.82) is 0 Å². The van der Waals surface area contributed by atoms with Crippen LogP contribution in [0.25, 0.3) is 0 Å². The van der Waals surface area contributed by atoms with Crippen molar-refractivity contribution >= 4 is 54.1 Å². The number of hydrogen-bond donors (Lipinski definition) is 2. The zero-order chi connectivity index (χ0) is 18.8. The van der Waals surface area contributed by atoms with Crippen molar-refractivity contribution in [2.24, 2.45) is 0 Å². The molecular weight excluding hydrogens is 416 g/mol. The van der Waals surface area contributed by atoms with Crippen LogP contribution in [-0.2, 0) is 20.0 Å². The highest BCUT2D eigenvalue weighted by atomic mass is 32.3. The first-order valence-corrected chi connectivity index (χ1v) is 11.8. The zero-order valence-electron chi connectivity index (χ0n) is 13.4. The van der Waals surface area contributed by atoms with Crippen LogP contribution in [0.5, 0.6) is 5.75 Å². The molecule has 2 heterocycles. The van der Waals surface area contributed by atoms with Crippen LogP contribution in [0.1, 0.15) is 0 Å². The van der Waals surface area contributed by atoms with Gasteiger partial charge in [0.2, 0.25) is 0 Å². The van der Waals surface area contributed by atoms with Gasteiger partial charge < -0.3 is 4.74 Å². The standard InChI is InChI=1S/C15H14N2O5S4/c1-22-11-6-7-12(16-25(18,19)14-4-2-8-23-14)13(10-11)17-26(20,21)15-5-3-9-24-15/h2-10,16-17H,1H3. The van der Waals surface area contributed by atoms with Crippen LogP contribution >= 0.6 is 22.7 Å². The molecule has 2 N–H and O–H groups in total. The minimum absolute atomic E-state index is 0.0675. The van der Waals surface area contributed by atoms with Crippen molar-refractivity contribution < 1.29 is 21.6 Å². The summed E-state index contributed by atoms with van der Waals surface area (Å²) >= 11 is 2.12. The van der Waals surface area contributed by atoms with Gasteiger partial charge in [0, 0.05) is 6.07 Å². The van der Waals surface area contributed by atoms with Gasteiger partial charge in [-0.05, 0) is 35.0 Å². The largest absolute Gasteiger partial charge is 0.497 e. The van der Waals surface area contributed by atoms with Crippen LogP contribution in [0.4, 0.5) is 11.4 Å². The Bertz CT molecular complexity index is 1090. The van der Waals surface area contributed by atoms with Gasteiger partial charge in [0.1, 0.15) is 14.2 Å². The number of methoxy groups -OCH3 is 1. The van der Waals surface area contributed by atoms with E-state index in [9.17, 15) is 16.8 Å². The number of rotatable bonds is 7. The molecule has 0 saturated carbocycles. The lowest BCUT2D eigenvalue weighted by atomic mass is 10.2. The third kappa shape index (κ3) is 4.01. The molecule has 1 aromatic carbocycles. The molecule has 0 spiro atoms. The molecule has 0 saturated heterocycles. The van der Waals surface area contributed by atoms with Crippen molar-refractivity contribution in [3.8, 4) is 5.75 Å². The summed E-state index contributed by atoms with van der Waals surface area (Å²) in [5.41, 5.74) is 0.164. The molecule has 0 aliphatic heterocycles. The maximum atomic E-state index is 12.5. The van der Waals surface area contributed by atoms with Gasteiger partial charge in [-0.3, -0.25) is 9.44 Å². The number of hydrogen-bond acceptors (Lipinski definition) is 7. The second-order valence-electron chi connectivity index (χ2n) is 4.99. The lowest BCUT2D eigenvalue weighted by molar-refractivity contribution is 0.415. The molecule has 7 nitrogen and oxygen atoms in total. The Morgan fingerprint density at radius 3 is 1.81 bits per heavy atom. The normalized spacial score (nSPS) is 11.9. The molecule has 0 radical (unpaired) electrons. The fourth-order valence-corrected chi connectivity index (χ4v) is 6.18. The van der Waals surface area contributed by atoms with Gasteiger partial charge in [0.25, 0.3) is 20.0 Å². The molecule has 3 aromatic rings. The first-order valence-electron chi connectivity index (χ1n) is 7.12. The van der Waals surface area contributed by atoms with Crippen molar-refractivity contribution in [3.63, 3.8) is 0 Å². The lowest BCUT2D eigenvalue weighted by Gasteiger charge is -2.14. The second kappa shape index (κ2) is 7.27. The van der Waals surface area contributed by atoms with Gasteiger partial charge in [0.15, 0.2) is 0 Å². The SMILES string of the molecule is COc1ccc(NS(=O)(=O)c2cccs2)c(NS(=O)(=O)c2cccs2)c1. The fourth-order valence-electron chi connectivity index (χ4n) is 2.05. The highest BCUT2D eigenvalue weighted by Gasteiger charge is 2.21. The summed E-state index contributed by atoms with van der Waals surface area (Å²) in [5.74, 6) is 0.382. The third-order valence-electron chi connectivity index (χ3n) is 3.24. The van der Waals surface area contributed by atoms with E-state index in [0.717, 1.165) is 22.7 Å². The average molecular weight is 431 g/mol. The Hall–Kier alpha value is -2.08. The molecule has 0 unspecified atom stereocenters. The zero-order valence-corrected chi connectivity index (χ0v) is 16.6. The molecule has 2 aromatic heterocycles. The van der Waals surface area contributed by atoms with E-state index in [1.54, 1.807) is 22.9 Å². The van der Waals surface area contributed by atoms with Gasteiger partial charge in [0.05, 0.1) is 18.5 Å². The van der Waals surface area contributed by atoms with Crippen LogP contribution in [0.15, 0.2) is 61.6 Å². The fraction of sp³-hybridized carbons (Fsp3) is 0.0667. The van der Waals surface area contributed by atoms with Crippen LogP contribution < -0.4 is 14.2 Å². The van der Waals surface area contributed by atoms with Gasteiger partial charge in [-0.1, -0.05) is 12.1 Å². The van der Waals surface area contributed by atoms with E-state index >= 15 is 0 Å². The maximum absolute atomic E-state index is 12.5. The van der Waals surface area contributed by atoms with E-state index in [1.165, 1.54) is 37.4 Å². The molecule has 0 atom stereocenters. The highest BCUT2D eigenvalue weighted by molar-refractivity contribution is 7.95. The number of benzene rings is 1. The molecule has 0 aliphatic rings. The molecule has 3 rings (SSSR count).